The highest BCUT2D eigenvalue weighted by Gasteiger charge is 2.05. The highest BCUT2D eigenvalue weighted by atomic mass is 16.1. The predicted molar refractivity (Wildman–Crippen MR) is 72.3 cm³/mol. The fourth-order valence-electron chi connectivity index (χ4n) is 2.05. The van der Waals surface area contributed by atoms with E-state index in [1.54, 1.807) is 6.92 Å². The van der Waals surface area contributed by atoms with Gasteiger partial charge in [-0.3, -0.25) is 9.48 Å². The number of ketones is 1. The van der Waals surface area contributed by atoms with E-state index in [0.717, 1.165) is 29.8 Å². The minimum atomic E-state index is 0.193. The molecule has 0 N–H and O–H groups in total. The average Bonchev–Trinajstić information content (AvgIpc) is 2.78. The third kappa shape index (κ3) is 2.86. The lowest BCUT2D eigenvalue weighted by Crippen LogP contribution is -2.01. The van der Waals surface area contributed by atoms with E-state index in [1.165, 1.54) is 0 Å². The lowest BCUT2D eigenvalue weighted by atomic mass is 10.1. The van der Waals surface area contributed by atoms with Crippen molar-refractivity contribution in [3.63, 3.8) is 0 Å². The quantitative estimate of drug-likeness (QED) is 0.807. The van der Waals surface area contributed by atoms with Gasteiger partial charge in [0.05, 0.1) is 5.69 Å². The Hall–Kier alpha value is -1.90. The molecule has 0 bridgehead atoms. The highest BCUT2D eigenvalue weighted by molar-refractivity contribution is 5.78. The number of hydrogen-bond donors (Lipinski definition) is 0. The third-order valence-electron chi connectivity index (χ3n) is 2.85. The van der Waals surface area contributed by atoms with Crippen LogP contribution in [0.1, 0.15) is 25.8 Å². The first-order valence-electron chi connectivity index (χ1n) is 6.31. The van der Waals surface area contributed by atoms with E-state index in [0.29, 0.717) is 6.42 Å². The molecule has 2 rings (SSSR count). The molecule has 1 heterocycles. The number of Topliss-reactive ketones (excluding diaryl/α,β-unsaturated/α-hetero) is 1. The van der Waals surface area contributed by atoms with E-state index in [9.17, 15) is 4.79 Å². The Labute approximate surface area is 107 Å². The first-order chi connectivity index (χ1) is 8.70. The third-order valence-corrected chi connectivity index (χ3v) is 2.85. The molecule has 18 heavy (non-hydrogen) atoms. The minimum Gasteiger partial charge on any atom is -0.300 e. The van der Waals surface area contributed by atoms with Gasteiger partial charge in [-0.2, -0.15) is 5.10 Å². The number of rotatable bonds is 5. The van der Waals surface area contributed by atoms with Gasteiger partial charge in [-0.1, -0.05) is 31.2 Å². The van der Waals surface area contributed by atoms with E-state index in [4.69, 9.17) is 0 Å². The Morgan fingerprint density at radius 1 is 1.22 bits per heavy atom. The van der Waals surface area contributed by atoms with Crippen LogP contribution < -0.4 is 0 Å². The molecule has 0 fully saturated rings. The molecule has 2 aromatic rings. The topological polar surface area (TPSA) is 34.9 Å². The molecule has 0 aliphatic rings. The van der Waals surface area contributed by atoms with Crippen molar-refractivity contribution in [2.75, 3.05) is 0 Å². The molecule has 1 aromatic carbocycles. The number of aromatic nitrogens is 2. The molecule has 0 aliphatic heterocycles. The summed E-state index contributed by atoms with van der Waals surface area (Å²) in [6.07, 6.45) is 3.40. The molecular weight excluding hydrogens is 224 g/mol. The summed E-state index contributed by atoms with van der Waals surface area (Å²) in [6, 6.07) is 10.2. The molecule has 0 saturated heterocycles. The second-order valence-electron chi connectivity index (χ2n) is 4.52. The van der Waals surface area contributed by atoms with Crippen molar-refractivity contribution in [2.24, 2.45) is 0 Å². The second-order valence-corrected chi connectivity index (χ2v) is 4.52. The van der Waals surface area contributed by atoms with Gasteiger partial charge < -0.3 is 0 Å². The molecule has 1 aromatic heterocycles. The molecule has 0 saturated carbocycles. The summed E-state index contributed by atoms with van der Waals surface area (Å²) < 4.78 is 2.01. The van der Waals surface area contributed by atoms with Crippen LogP contribution >= 0.6 is 0 Å². The first-order valence-corrected chi connectivity index (χ1v) is 6.31. The maximum Gasteiger partial charge on any atom is 0.134 e. The van der Waals surface area contributed by atoms with Gasteiger partial charge in [0, 0.05) is 19.2 Å². The van der Waals surface area contributed by atoms with Crippen LogP contribution in [-0.2, 0) is 17.8 Å². The van der Waals surface area contributed by atoms with Crippen molar-refractivity contribution in [2.45, 2.75) is 33.2 Å². The number of hydrogen-bond acceptors (Lipinski definition) is 2. The van der Waals surface area contributed by atoms with Gasteiger partial charge in [-0.15, -0.1) is 0 Å². The predicted octanol–water partition coefficient (Wildman–Crippen LogP) is 3.09. The molecule has 0 atom stereocenters. The molecule has 0 unspecified atom stereocenters. The second kappa shape index (κ2) is 5.63. The normalized spacial score (nSPS) is 10.6. The Balaban J connectivity index is 2.23. The van der Waals surface area contributed by atoms with E-state index in [1.807, 2.05) is 29.1 Å². The molecule has 0 amide bonds. The Morgan fingerprint density at radius 3 is 2.56 bits per heavy atom. The first kappa shape index (κ1) is 12.6. The summed E-state index contributed by atoms with van der Waals surface area (Å²) in [5, 5.41) is 4.32. The average molecular weight is 242 g/mol. The molecule has 0 aliphatic carbocycles. The SMILES string of the molecule is CCCn1nccc1-c1ccc(CC(C)=O)cc1. The monoisotopic (exact) mass is 242 g/mol. The lowest BCUT2D eigenvalue weighted by molar-refractivity contribution is -0.116. The van der Waals surface area contributed by atoms with Crippen molar-refractivity contribution in [1.29, 1.82) is 0 Å². The standard InChI is InChI=1S/C15H18N2O/c1-3-10-17-15(8-9-16-17)14-6-4-13(5-7-14)11-12(2)18/h4-9H,3,10-11H2,1-2H3. The van der Waals surface area contributed by atoms with Gasteiger partial charge in [0.2, 0.25) is 0 Å². The van der Waals surface area contributed by atoms with Crippen LogP contribution in [0, 0.1) is 0 Å². The molecule has 3 heteroatoms. The van der Waals surface area contributed by atoms with E-state index in [-0.39, 0.29) is 5.78 Å². The highest BCUT2D eigenvalue weighted by Crippen LogP contribution is 2.20. The van der Waals surface area contributed by atoms with Crippen molar-refractivity contribution < 1.29 is 4.79 Å². The summed E-state index contributed by atoms with van der Waals surface area (Å²) >= 11 is 0. The largest absolute Gasteiger partial charge is 0.300 e. The van der Waals surface area contributed by atoms with Crippen molar-refractivity contribution in [3.05, 3.63) is 42.1 Å². The maximum atomic E-state index is 11.1. The summed E-state index contributed by atoms with van der Waals surface area (Å²) in [4.78, 5) is 11.1. The smallest absolute Gasteiger partial charge is 0.134 e. The van der Waals surface area contributed by atoms with Crippen LogP contribution in [0.5, 0.6) is 0 Å². The fraction of sp³-hybridized carbons (Fsp3) is 0.333. The van der Waals surface area contributed by atoms with Crippen molar-refractivity contribution in [3.8, 4) is 11.3 Å². The number of aryl methyl sites for hydroxylation is 1. The summed E-state index contributed by atoms with van der Waals surface area (Å²) in [5.74, 6) is 0.193. The number of carbonyl (C=O) groups is 1. The molecule has 0 radical (unpaired) electrons. The number of carbonyl (C=O) groups excluding carboxylic acids is 1. The molecule has 94 valence electrons. The molecule has 3 nitrogen and oxygen atoms in total. The van der Waals surface area contributed by atoms with Gasteiger partial charge >= 0.3 is 0 Å². The van der Waals surface area contributed by atoms with Crippen LogP contribution in [0.3, 0.4) is 0 Å². The zero-order chi connectivity index (χ0) is 13.0. The van der Waals surface area contributed by atoms with E-state index >= 15 is 0 Å². The zero-order valence-corrected chi connectivity index (χ0v) is 10.9. The van der Waals surface area contributed by atoms with Crippen LogP contribution in [0.15, 0.2) is 36.5 Å². The van der Waals surface area contributed by atoms with Crippen molar-refractivity contribution in [1.82, 2.24) is 9.78 Å². The van der Waals surface area contributed by atoms with E-state index < -0.39 is 0 Å². The van der Waals surface area contributed by atoms with Crippen LogP contribution in [0.2, 0.25) is 0 Å². The minimum absolute atomic E-state index is 0.193. The van der Waals surface area contributed by atoms with Gasteiger partial charge in [0.15, 0.2) is 0 Å². The summed E-state index contributed by atoms with van der Waals surface area (Å²) in [7, 11) is 0. The fourth-order valence-corrected chi connectivity index (χ4v) is 2.05. The molecular formula is C15H18N2O. The van der Waals surface area contributed by atoms with Crippen LogP contribution in [0.25, 0.3) is 11.3 Å². The zero-order valence-electron chi connectivity index (χ0n) is 10.9. The van der Waals surface area contributed by atoms with Gasteiger partial charge in [0.25, 0.3) is 0 Å². The van der Waals surface area contributed by atoms with Gasteiger partial charge in [0.1, 0.15) is 5.78 Å². The Bertz CT molecular complexity index is 526. The summed E-state index contributed by atoms with van der Waals surface area (Å²) in [5.41, 5.74) is 3.34. The molecule has 0 spiro atoms. The van der Waals surface area contributed by atoms with Crippen LogP contribution in [-0.4, -0.2) is 15.6 Å². The Morgan fingerprint density at radius 2 is 1.94 bits per heavy atom. The Kier molecular flexibility index (Phi) is 3.92. The van der Waals surface area contributed by atoms with Crippen molar-refractivity contribution >= 4 is 5.78 Å². The number of nitrogens with zero attached hydrogens (tertiary/aromatic N) is 2. The van der Waals surface area contributed by atoms with Gasteiger partial charge in [-0.25, -0.2) is 0 Å². The lowest BCUT2D eigenvalue weighted by Gasteiger charge is -2.07. The van der Waals surface area contributed by atoms with Gasteiger partial charge in [-0.05, 0) is 30.5 Å². The van der Waals surface area contributed by atoms with E-state index in [2.05, 4.69) is 24.2 Å². The van der Waals surface area contributed by atoms with Crippen LogP contribution in [0.4, 0.5) is 0 Å². The number of benzene rings is 1. The summed E-state index contributed by atoms with van der Waals surface area (Å²) in [6.45, 7) is 4.68. The maximum absolute atomic E-state index is 11.1.